The molecule has 0 aromatic carbocycles. The molecule has 5 heteroatoms. The number of aromatic nitrogens is 2. The monoisotopic (exact) mass is 180 g/mol. The van der Waals surface area contributed by atoms with E-state index in [1.54, 1.807) is 0 Å². The van der Waals surface area contributed by atoms with E-state index in [1.165, 1.54) is 11.3 Å². The molecule has 2 heterocycles. The molecule has 0 saturated carbocycles. The van der Waals surface area contributed by atoms with E-state index in [4.69, 9.17) is 11.1 Å². The molecule has 0 unspecified atom stereocenters. The SMILES string of the molecule is Cc1cn2cc(C(=N)N)sc2n1. The second-order valence-corrected chi connectivity index (χ2v) is 3.59. The van der Waals surface area contributed by atoms with Crippen LogP contribution in [0.3, 0.4) is 0 Å². The number of hydrogen-bond donors (Lipinski definition) is 2. The number of nitrogen functional groups attached to an aromatic ring is 1. The van der Waals surface area contributed by atoms with E-state index in [0.29, 0.717) is 0 Å². The summed E-state index contributed by atoms with van der Waals surface area (Å²) >= 11 is 1.43. The molecule has 2 aromatic heterocycles. The van der Waals surface area contributed by atoms with E-state index < -0.39 is 0 Å². The van der Waals surface area contributed by atoms with Crippen LogP contribution in [-0.4, -0.2) is 15.2 Å². The van der Waals surface area contributed by atoms with Crippen molar-refractivity contribution in [3.8, 4) is 0 Å². The Kier molecular flexibility index (Phi) is 1.41. The van der Waals surface area contributed by atoms with Crippen LogP contribution in [0.4, 0.5) is 0 Å². The highest BCUT2D eigenvalue weighted by atomic mass is 32.1. The molecular weight excluding hydrogens is 172 g/mol. The molecule has 0 aliphatic rings. The first-order chi connectivity index (χ1) is 5.66. The fourth-order valence-electron chi connectivity index (χ4n) is 1.04. The van der Waals surface area contributed by atoms with Crippen LogP contribution in [0.5, 0.6) is 0 Å². The zero-order valence-electron chi connectivity index (χ0n) is 6.53. The molecule has 4 nitrogen and oxygen atoms in total. The number of thiazole rings is 1. The third kappa shape index (κ3) is 0.984. The summed E-state index contributed by atoms with van der Waals surface area (Å²) in [6.07, 6.45) is 3.74. The lowest BCUT2D eigenvalue weighted by atomic mass is 10.5. The molecule has 0 saturated heterocycles. The highest BCUT2D eigenvalue weighted by molar-refractivity contribution is 7.18. The van der Waals surface area contributed by atoms with Crippen LogP contribution in [-0.2, 0) is 0 Å². The van der Waals surface area contributed by atoms with Crippen molar-refractivity contribution in [3.05, 3.63) is 23.0 Å². The molecule has 12 heavy (non-hydrogen) atoms. The van der Waals surface area contributed by atoms with Crippen molar-refractivity contribution in [3.63, 3.8) is 0 Å². The van der Waals surface area contributed by atoms with E-state index in [0.717, 1.165) is 15.5 Å². The molecule has 0 amide bonds. The van der Waals surface area contributed by atoms with Gasteiger partial charge in [0.05, 0.1) is 10.6 Å². The predicted octanol–water partition coefficient (Wildman–Crippen LogP) is 0.988. The molecule has 0 atom stereocenters. The summed E-state index contributed by atoms with van der Waals surface area (Å²) in [5.74, 6) is 0.100. The molecule has 62 valence electrons. The Morgan fingerprint density at radius 3 is 3.00 bits per heavy atom. The van der Waals surface area contributed by atoms with Gasteiger partial charge in [-0.15, -0.1) is 0 Å². The first-order valence-corrected chi connectivity index (χ1v) is 4.28. The number of imidazole rings is 1. The Balaban J connectivity index is 2.64. The van der Waals surface area contributed by atoms with Crippen LogP contribution < -0.4 is 5.73 Å². The summed E-state index contributed by atoms with van der Waals surface area (Å²) in [7, 11) is 0. The average molecular weight is 180 g/mol. The summed E-state index contributed by atoms with van der Waals surface area (Å²) in [5, 5.41) is 7.21. The first kappa shape index (κ1) is 7.30. The normalized spacial score (nSPS) is 10.8. The van der Waals surface area contributed by atoms with Crippen molar-refractivity contribution in [2.45, 2.75) is 6.92 Å². The number of rotatable bonds is 1. The molecule has 0 aliphatic heterocycles. The fourth-order valence-corrected chi connectivity index (χ4v) is 1.91. The van der Waals surface area contributed by atoms with Crippen molar-refractivity contribution in [2.75, 3.05) is 0 Å². The molecule has 0 spiro atoms. The standard InChI is InChI=1S/C7H8N4S/c1-4-2-11-3-5(6(8)9)12-7(11)10-4/h2-3H,1H3,(H3,8,9). The minimum Gasteiger partial charge on any atom is -0.383 e. The minimum absolute atomic E-state index is 0.100. The number of amidine groups is 1. The van der Waals surface area contributed by atoms with E-state index in [2.05, 4.69) is 4.98 Å². The number of nitrogens with one attached hydrogen (secondary N) is 1. The lowest BCUT2D eigenvalue weighted by molar-refractivity contribution is 1.22. The van der Waals surface area contributed by atoms with Crippen LogP contribution >= 0.6 is 11.3 Å². The Labute approximate surface area is 73.2 Å². The van der Waals surface area contributed by atoms with Gasteiger partial charge in [-0.25, -0.2) is 4.98 Å². The van der Waals surface area contributed by atoms with Crippen LogP contribution in [0.2, 0.25) is 0 Å². The number of nitrogens with two attached hydrogens (primary N) is 1. The van der Waals surface area contributed by atoms with Crippen LogP contribution in [0.1, 0.15) is 10.6 Å². The van der Waals surface area contributed by atoms with E-state index in [9.17, 15) is 0 Å². The summed E-state index contributed by atoms with van der Waals surface area (Å²) in [6.45, 7) is 1.94. The van der Waals surface area contributed by atoms with Crippen molar-refractivity contribution < 1.29 is 0 Å². The molecule has 0 radical (unpaired) electrons. The Bertz CT molecular complexity index is 408. The van der Waals surface area contributed by atoms with Crippen molar-refractivity contribution >= 4 is 22.1 Å². The van der Waals surface area contributed by atoms with Gasteiger partial charge in [-0.05, 0) is 6.92 Å². The Morgan fingerprint density at radius 1 is 1.67 bits per heavy atom. The lowest BCUT2D eigenvalue weighted by Crippen LogP contribution is -2.08. The van der Waals surface area contributed by atoms with Gasteiger partial charge < -0.3 is 5.73 Å². The van der Waals surface area contributed by atoms with E-state index in [-0.39, 0.29) is 5.84 Å². The topological polar surface area (TPSA) is 67.2 Å². The van der Waals surface area contributed by atoms with Gasteiger partial charge >= 0.3 is 0 Å². The maximum atomic E-state index is 7.21. The molecular formula is C7H8N4S. The number of hydrogen-bond acceptors (Lipinski definition) is 3. The zero-order chi connectivity index (χ0) is 8.72. The van der Waals surface area contributed by atoms with Crippen LogP contribution in [0, 0.1) is 12.3 Å². The lowest BCUT2D eigenvalue weighted by Gasteiger charge is -1.85. The fraction of sp³-hybridized carbons (Fsp3) is 0.143. The predicted molar refractivity (Wildman–Crippen MR) is 48.8 cm³/mol. The molecule has 3 N–H and O–H groups in total. The highest BCUT2D eigenvalue weighted by Crippen LogP contribution is 2.16. The Hall–Kier alpha value is -1.36. The summed E-state index contributed by atoms with van der Waals surface area (Å²) in [6, 6.07) is 0. The average Bonchev–Trinajstić information content (AvgIpc) is 2.42. The van der Waals surface area contributed by atoms with Gasteiger partial charge in [0.15, 0.2) is 4.96 Å². The van der Waals surface area contributed by atoms with Gasteiger partial charge in [-0.2, -0.15) is 0 Å². The van der Waals surface area contributed by atoms with Gasteiger partial charge in [0, 0.05) is 12.4 Å². The smallest absolute Gasteiger partial charge is 0.194 e. The van der Waals surface area contributed by atoms with Crippen molar-refractivity contribution in [2.24, 2.45) is 5.73 Å². The summed E-state index contributed by atoms with van der Waals surface area (Å²) in [5.41, 5.74) is 6.31. The van der Waals surface area contributed by atoms with Gasteiger partial charge in [0.1, 0.15) is 5.84 Å². The quantitative estimate of drug-likeness (QED) is 0.507. The number of aryl methyl sites for hydroxylation is 1. The van der Waals surface area contributed by atoms with Crippen molar-refractivity contribution in [1.29, 1.82) is 5.41 Å². The molecule has 2 aromatic rings. The number of fused-ring (bicyclic) bond motifs is 1. The second-order valence-electron chi connectivity index (χ2n) is 2.58. The Morgan fingerprint density at radius 2 is 2.42 bits per heavy atom. The highest BCUT2D eigenvalue weighted by Gasteiger charge is 2.05. The van der Waals surface area contributed by atoms with Gasteiger partial charge in [0.2, 0.25) is 0 Å². The third-order valence-electron chi connectivity index (χ3n) is 1.54. The van der Waals surface area contributed by atoms with Crippen molar-refractivity contribution in [1.82, 2.24) is 9.38 Å². The largest absolute Gasteiger partial charge is 0.383 e. The summed E-state index contributed by atoms with van der Waals surface area (Å²) < 4.78 is 1.89. The van der Waals surface area contributed by atoms with Crippen LogP contribution in [0.15, 0.2) is 12.4 Å². The third-order valence-corrected chi connectivity index (χ3v) is 2.57. The molecule has 0 fully saturated rings. The number of nitrogens with zero attached hydrogens (tertiary/aromatic N) is 2. The minimum atomic E-state index is 0.100. The molecule has 0 aliphatic carbocycles. The first-order valence-electron chi connectivity index (χ1n) is 3.46. The maximum absolute atomic E-state index is 7.21. The van der Waals surface area contributed by atoms with E-state index >= 15 is 0 Å². The molecule has 0 bridgehead atoms. The van der Waals surface area contributed by atoms with Gasteiger partial charge in [-0.1, -0.05) is 11.3 Å². The second kappa shape index (κ2) is 2.31. The summed E-state index contributed by atoms with van der Waals surface area (Å²) in [4.78, 5) is 5.89. The van der Waals surface area contributed by atoms with Gasteiger partial charge in [-0.3, -0.25) is 9.81 Å². The van der Waals surface area contributed by atoms with Crippen LogP contribution in [0.25, 0.3) is 4.96 Å². The molecule has 2 rings (SSSR count). The van der Waals surface area contributed by atoms with E-state index in [1.807, 2.05) is 23.7 Å². The maximum Gasteiger partial charge on any atom is 0.194 e. The zero-order valence-corrected chi connectivity index (χ0v) is 7.35. The van der Waals surface area contributed by atoms with Gasteiger partial charge in [0.25, 0.3) is 0 Å².